The molecule has 0 atom stereocenters. The van der Waals surface area contributed by atoms with E-state index in [0.717, 1.165) is 11.3 Å². The summed E-state index contributed by atoms with van der Waals surface area (Å²) in [6.45, 7) is 4.29. The van der Waals surface area contributed by atoms with E-state index in [1.165, 1.54) is 22.3 Å². The summed E-state index contributed by atoms with van der Waals surface area (Å²) in [7, 11) is 0. The number of rotatable bonds is 0. The summed E-state index contributed by atoms with van der Waals surface area (Å²) < 4.78 is 0. The molecule has 0 radical (unpaired) electrons. The first-order valence-electron chi connectivity index (χ1n) is 5.43. The van der Waals surface area contributed by atoms with E-state index in [1.807, 2.05) is 24.4 Å². The van der Waals surface area contributed by atoms with Crippen LogP contribution in [-0.2, 0) is 21.1 Å². The fraction of sp³-hybridized carbons (Fsp3) is 0.133. The maximum absolute atomic E-state index is 4.47. The minimum Gasteiger partial charge on any atom is -0.304 e. The first-order chi connectivity index (χ1) is 7.79. The summed E-state index contributed by atoms with van der Waals surface area (Å²) in [5.41, 5.74) is 7.34. The molecule has 0 N–H and O–H groups in total. The molecule has 2 heteroatoms. The normalized spacial score (nSPS) is 11.5. The van der Waals surface area contributed by atoms with Crippen LogP contribution >= 0.6 is 0 Å². The van der Waals surface area contributed by atoms with Crippen molar-refractivity contribution in [2.75, 3.05) is 0 Å². The number of hydrogen-bond donors (Lipinski definition) is 0. The van der Waals surface area contributed by atoms with Crippen LogP contribution in [0.25, 0.3) is 16.8 Å². The molecular weight excluding hydrogens is 389 g/mol. The zero-order valence-electron chi connectivity index (χ0n) is 9.73. The first-order valence-corrected chi connectivity index (χ1v) is 5.43. The molecule has 0 fully saturated rings. The number of fused-ring (bicyclic) bond motifs is 3. The molecule has 1 aliphatic rings. The van der Waals surface area contributed by atoms with E-state index >= 15 is 0 Å². The molecule has 0 saturated carbocycles. The summed E-state index contributed by atoms with van der Waals surface area (Å²) in [6.07, 6.45) is 1.84. The first kappa shape index (κ1) is 12.3. The molecule has 0 aliphatic heterocycles. The smallest absolute Gasteiger partial charge is 0.0161 e. The van der Waals surface area contributed by atoms with Gasteiger partial charge in [-0.25, -0.2) is 0 Å². The van der Waals surface area contributed by atoms with Gasteiger partial charge in [-0.15, -0.1) is 29.8 Å². The van der Waals surface area contributed by atoms with E-state index in [1.54, 1.807) is 0 Å². The number of pyridine rings is 1. The van der Waals surface area contributed by atoms with Gasteiger partial charge in [0, 0.05) is 27.3 Å². The van der Waals surface area contributed by atoms with Crippen molar-refractivity contribution in [3.8, 4) is 11.3 Å². The van der Waals surface area contributed by atoms with E-state index in [4.69, 9.17) is 0 Å². The average molecular weight is 401 g/mol. The topological polar surface area (TPSA) is 12.9 Å². The minimum atomic E-state index is 0. The minimum absolute atomic E-state index is 0. The second-order valence-electron chi connectivity index (χ2n) is 4.23. The molecule has 0 bridgehead atoms. The van der Waals surface area contributed by atoms with Gasteiger partial charge in [0.25, 0.3) is 0 Å². The Kier molecular flexibility index (Phi) is 3.30. The Morgan fingerprint density at radius 2 is 1.88 bits per heavy atom. The SMILES string of the molecule is CC(C)=C1c2ccc[c-]c2-c2ncccc21.[Pt]. The van der Waals surface area contributed by atoms with Crippen LogP contribution in [0, 0.1) is 6.07 Å². The number of hydrogen-bond acceptors (Lipinski definition) is 1. The molecule has 0 spiro atoms. The van der Waals surface area contributed by atoms with E-state index in [0.29, 0.717) is 0 Å². The fourth-order valence-corrected chi connectivity index (χ4v) is 2.33. The molecule has 0 unspecified atom stereocenters. The summed E-state index contributed by atoms with van der Waals surface area (Å²) in [6, 6.07) is 13.6. The predicted molar refractivity (Wildman–Crippen MR) is 65.9 cm³/mol. The monoisotopic (exact) mass is 401 g/mol. The Labute approximate surface area is 116 Å². The molecule has 1 aromatic carbocycles. The van der Waals surface area contributed by atoms with Crippen molar-refractivity contribution in [3.05, 3.63) is 59.3 Å². The van der Waals surface area contributed by atoms with Gasteiger partial charge in [0.05, 0.1) is 0 Å². The molecule has 0 saturated heterocycles. The predicted octanol–water partition coefficient (Wildman–Crippen LogP) is 3.70. The van der Waals surface area contributed by atoms with Crippen LogP contribution < -0.4 is 0 Å². The Balaban J connectivity index is 0.00000108. The molecule has 3 rings (SSSR count). The standard InChI is InChI=1S/C15H12N.Pt/c1-10(2)14-11-6-3-4-7-12(11)15-13(14)8-5-9-16-15;/h3-6,8-9H,1-2H3;/q-1;. The molecule has 1 aromatic heterocycles. The summed E-state index contributed by atoms with van der Waals surface area (Å²) >= 11 is 0. The zero-order chi connectivity index (χ0) is 11.1. The van der Waals surface area contributed by atoms with Gasteiger partial charge in [0.15, 0.2) is 0 Å². The second-order valence-corrected chi connectivity index (χ2v) is 4.23. The number of aromatic nitrogens is 1. The van der Waals surface area contributed by atoms with Gasteiger partial charge in [-0.2, -0.15) is 0 Å². The summed E-state index contributed by atoms with van der Waals surface area (Å²) in [5.74, 6) is 0. The van der Waals surface area contributed by atoms with E-state index in [2.05, 4.69) is 37.0 Å². The molecule has 1 aliphatic carbocycles. The summed E-state index contributed by atoms with van der Waals surface area (Å²) in [5, 5.41) is 0. The maximum atomic E-state index is 4.47. The Bertz CT molecular complexity index is 548. The maximum Gasteiger partial charge on any atom is 0.0161 e. The third kappa shape index (κ3) is 1.79. The Hall–Kier alpha value is -1.20. The number of allylic oxidation sites excluding steroid dienone is 1. The van der Waals surface area contributed by atoms with Gasteiger partial charge in [0.2, 0.25) is 0 Å². The van der Waals surface area contributed by atoms with Crippen molar-refractivity contribution in [3.63, 3.8) is 0 Å². The Morgan fingerprint density at radius 3 is 2.65 bits per heavy atom. The van der Waals surface area contributed by atoms with Gasteiger partial charge in [-0.05, 0) is 31.2 Å². The zero-order valence-corrected chi connectivity index (χ0v) is 12.0. The number of benzene rings is 1. The molecule has 88 valence electrons. The molecule has 1 nitrogen and oxygen atoms in total. The molecule has 1 heterocycles. The molecule has 17 heavy (non-hydrogen) atoms. The molecule has 2 aromatic rings. The van der Waals surface area contributed by atoms with Crippen molar-refractivity contribution in [1.82, 2.24) is 4.98 Å². The van der Waals surface area contributed by atoms with Crippen molar-refractivity contribution in [2.45, 2.75) is 13.8 Å². The third-order valence-corrected chi connectivity index (χ3v) is 2.94. The quantitative estimate of drug-likeness (QED) is 0.524. The van der Waals surface area contributed by atoms with E-state index < -0.39 is 0 Å². The van der Waals surface area contributed by atoms with Gasteiger partial charge < -0.3 is 4.98 Å². The van der Waals surface area contributed by atoms with Gasteiger partial charge in [0.1, 0.15) is 0 Å². The van der Waals surface area contributed by atoms with Crippen LogP contribution in [0.5, 0.6) is 0 Å². The average Bonchev–Trinajstić information content (AvgIpc) is 2.63. The van der Waals surface area contributed by atoms with Crippen LogP contribution in [-0.4, -0.2) is 4.98 Å². The van der Waals surface area contributed by atoms with Crippen molar-refractivity contribution >= 4 is 5.57 Å². The molecule has 0 amide bonds. The molecular formula is C15H12NPt-. The van der Waals surface area contributed by atoms with Crippen LogP contribution in [0.4, 0.5) is 0 Å². The van der Waals surface area contributed by atoms with Crippen molar-refractivity contribution in [2.24, 2.45) is 0 Å². The third-order valence-electron chi connectivity index (χ3n) is 2.94. The van der Waals surface area contributed by atoms with E-state index in [-0.39, 0.29) is 21.1 Å². The largest absolute Gasteiger partial charge is 0.304 e. The van der Waals surface area contributed by atoms with Crippen LogP contribution in [0.3, 0.4) is 0 Å². The van der Waals surface area contributed by atoms with Crippen LogP contribution in [0.1, 0.15) is 25.0 Å². The van der Waals surface area contributed by atoms with Crippen LogP contribution in [0.2, 0.25) is 0 Å². The van der Waals surface area contributed by atoms with Gasteiger partial charge in [-0.3, -0.25) is 0 Å². The fourth-order valence-electron chi connectivity index (χ4n) is 2.33. The number of nitrogens with zero attached hydrogens (tertiary/aromatic N) is 1. The van der Waals surface area contributed by atoms with Crippen LogP contribution in [0.15, 0.2) is 42.1 Å². The van der Waals surface area contributed by atoms with Gasteiger partial charge in [-0.1, -0.05) is 22.8 Å². The Morgan fingerprint density at radius 1 is 1.12 bits per heavy atom. The van der Waals surface area contributed by atoms with Gasteiger partial charge >= 0.3 is 0 Å². The van der Waals surface area contributed by atoms with Crippen molar-refractivity contribution in [1.29, 1.82) is 0 Å². The summed E-state index contributed by atoms with van der Waals surface area (Å²) in [4.78, 5) is 4.47. The second kappa shape index (κ2) is 4.58. The van der Waals surface area contributed by atoms with E-state index in [9.17, 15) is 0 Å². The van der Waals surface area contributed by atoms with Crippen molar-refractivity contribution < 1.29 is 21.1 Å².